The lowest BCUT2D eigenvalue weighted by Gasteiger charge is -2.16. The summed E-state index contributed by atoms with van der Waals surface area (Å²) < 4.78 is 13.4. The highest BCUT2D eigenvalue weighted by Gasteiger charge is 2.25. The van der Waals surface area contributed by atoms with E-state index in [4.69, 9.17) is 0 Å². The number of likely N-dealkylation sites (tertiary alicyclic amines) is 1. The third-order valence-corrected chi connectivity index (χ3v) is 5.10. The molecule has 2 aliphatic rings. The predicted molar refractivity (Wildman–Crippen MR) is 93.4 cm³/mol. The largest absolute Gasteiger partial charge is 0.300 e. The van der Waals surface area contributed by atoms with E-state index in [9.17, 15) is 4.39 Å². The first-order valence-electron chi connectivity index (χ1n) is 8.72. The van der Waals surface area contributed by atoms with Crippen LogP contribution in [0.3, 0.4) is 0 Å². The van der Waals surface area contributed by atoms with Gasteiger partial charge >= 0.3 is 0 Å². The van der Waals surface area contributed by atoms with E-state index in [-0.39, 0.29) is 0 Å². The maximum Gasteiger partial charge on any atom is 0.114 e. The first-order valence-corrected chi connectivity index (χ1v) is 8.72. The first-order chi connectivity index (χ1) is 11.8. The maximum atomic E-state index is 13.4. The van der Waals surface area contributed by atoms with Gasteiger partial charge in [0.05, 0.1) is 5.69 Å². The van der Waals surface area contributed by atoms with Crippen LogP contribution in [0.5, 0.6) is 0 Å². The van der Waals surface area contributed by atoms with Crippen molar-refractivity contribution >= 4 is 5.57 Å². The number of hydrogen-bond acceptors (Lipinski definition) is 3. The van der Waals surface area contributed by atoms with Gasteiger partial charge < -0.3 is 4.90 Å². The molecule has 0 saturated carbocycles. The Bertz CT molecular complexity index is 742. The Hall–Kier alpha value is -2.07. The van der Waals surface area contributed by atoms with Crippen molar-refractivity contribution in [2.24, 2.45) is 0 Å². The van der Waals surface area contributed by atoms with Gasteiger partial charge in [-0.3, -0.25) is 0 Å². The standard InChI is InChI=1S/C20H22FN3/c21-17-8-11-24(14-17)10-7-16-12-15-4-1-2-6-19(15)20(16)13-18-5-3-9-22-23-18/h1-6,9,17H,7-8,10-14H2. The molecular formula is C20H22FN3. The Labute approximate surface area is 142 Å². The Morgan fingerprint density at radius 2 is 2.08 bits per heavy atom. The minimum Gasteiger partial charge on any atom is -0.300 e. The zero-order valence-corrected chi connectivity index (χ0v) is 13.8. The molecule has 1 aromatic carbocycles. The van der Waals surface area contributed by atoms with Crippen molar-refractivity contribution in [3.05, 3.63) is 65.0 Å². The molecule has 4 heteroatoms. The molecule has 4 rings (SSSR count). The monoisotopic (exact) mass is 323 g/mol. The summed E-state index contributed by atoms with van der Waals surface area (Å²) in [4.78, 5) is 2.25. The molecule has 2 heterocycles. The lowest BCUT2D eigenvalue weighted by Crippen LogP contribution is -2.22. The molecule has 124 valence electrons. The molecule has 0 amide bonds. The summed E-state index contributed by atoms with van der Waals surface area (Å²) in [6.45, 7) is 2.44. The third-order valence-electron chi connectivity index (χ3n) is 5.10. The number of fused-ring (bicyclic) bond motifs is 1. The minimum atomic E-state index is -0.640. The van der Waals surface area contributed by atoms with Gasteiger partial charge in [-0.25, -0.2) is 4.39 Å². The van der Waals surface area contributed by atoms with E-state index in [1.54, 1.807) is 6.20 Å². The molecule has 1 fully saturated rings. The zero-order chi connectivity index (χ0) is 16.4. The van der Waals surface area contributed by atoms with Crippen LogP contribution in [0.15, 0.2) is 48.2 Å². The zero-order valence-electron chi connectivity index (χ0n) is 13.8. The van der Waals surface area contributed by atoms with E-state index in [0.29, 0.717) is 13.0 Å². The summed E-state index contributed by atoms with van der Waals surface area (Å²) in [5.74, 6) is 0. The lowest BCUT2D eigenvalue weighted by atomic mass is 9.99. The summed E-state index contributed by atoms with van der Waals surface area (Å²) >= 11 is 0. The molecule has 1 atom stereocenters. The predicted octanol–water partition coefficient (Wildman–Crippen LogP) is 3.46. The van der Waals surface area contributed by atoms with Gasteiger partial charge in [-0.1, -0.05) is 29.8 Å². The highest BCUT2D eigenvalue weighted by Crippen LogP contribution is 2.36. The Kier molecular flexibility index (Phi) is 4.39. The molecule has 0 N–H and O–H groups in total. The van der Waals surface area contributed by atoms with Crippen molar-refractivity contribution < 1.29 is 4.39 Å². The van der Waals surface area contributed by atoms with E-state index < -0.39 is 6.17 Å². The van der Waals surface area contributed by atoms with Crippen molar-refractivity contribution in [3.8, 4) is 0 Å². The van der Waals surface area contributed by atoms with E-state index in [2.05, 4.69) is 39.4 Å². The number of nitrogens with zero attached hydrogens (tertiary/aromatic N) is 3. The second-order valence-electron chi connectivity index (χ2n) is 6.74. The highest BCUT2D eigenvalue weighted by molar-refractivity contribution is 5.77. The topological polar surface area (TPSA) is 29.0 Å². The van der Waals surface area contributed by atoms with Crippen molar-refractivity contribution in [2.45, 2.75) is 31.9 Å². The van der Waals surface area contributed by atoms with Crippen LogP contribution in [0.1, 0.15) is 29.7 Å². The van der Waals surface area contributed by atoms with Crippen LogP contribution in [-0.4, -0.2) is 40.9 Å². The van der Waals surface area contributed by atoms with Gasteiger partial charge in [0.25, 0.3) is 0 Å². The number of halogens is 1. The molecule has 1 saturated heterocycles. The number of aromatic nitrogens is 2. The van der Waals surface area contributed by atoms with Crippen molar-refractivity contribution in [1.82, 2.24) is 15.1 Å². The summed E-state index contributed by atoms with van der Waals surface area (Å²) in [6, 6.07) is 12.6. The quantitative estimate of drug-likeness (QED) is 0.844. The smallest absolute Gasteiger partial charge is 0.114 e. The average molecular weight is 323 g/mol. The molecule has 0 radical (unpaired) electrons. The number of alkyl halides is 1. The first kappa shape index (κ1) is 15.5. The van der Waals surface area contributed by atoms with Gasteiger partial charge in [0, 0.05) is 32.3 Å². The number of rotatable bonds is 5. The number of allylic oxidation sites excluding steroid dienone is 1. The van der Waals surface area contributed by atoms with Gasteiger partial charge in [0.1, 0.15) is 6.17 Å². The molecule has 1 aliphatic carbocycles. The van der Waals surface area contributed by atoms with Crippen LogP contribution in [0.2, 0.25) is 0 Å². The van der Waals surface area contributed by atoms with Crippen LogP contribution in [-0.2, 0) is 12.8 Å². The van der Waals surface area contributed by atoms with Gasteiger partial charge in [-0.15, -0.1) is 0 Å². The fraction of sp³-hybridized carbons (Fsp3) is 0.400. The van der Waals surface area contributed by atoms with E-state index in [1.807, 2.05) is 12.1 Å². The van der Waals surface area contributed by atoms with Crippen LogP contribution in [0.4, 0.5) is 4.39 Å². The van der Waals surface area contributed by atoms with E-state index >= 15 is 0 Å². The molecule has 24 heavy (non-hydrogen) atoms. The van der Waals surface area contributed by atoms with Crippen LogP contribution in [0, 0.1) is 0 Å². The molecule has 0 bridgehead atoms. The van der Waals surface area contributed by atoms with Crippen molar-refractivity contribution in [1.29, 1.82) is 0 Å². The molecule has 3 nitrogen and oxygen atoms in total. The Balaban J connectivity index is 1.55. The molecule has 1 unspecified atom stereocenters. The maximum absolute atomic E-state index is 13.4. The van der Waals surface area contributed by atoms with Crippen LogP contribution >= 0.6 is 0 Å². The van der Waals surface area contributed by atoms with Gasteiger partial charge in [-0.05, 0) is 48.1 Å². The van der Waals surface area contributed by atoms with Gasteiger partial charge in [0.2, 0.25) is 0 Å². The second kappa shape index (κ2) is 6.81. The van der Waals surface area contributed by atoms with E-state index in [1.165, 1.54) is 22.3 Å². The lowest BCUT2D eigenvalue weighted by molar-refractivity contribution is 0.290. The Morgan fingerprint density at radius 3 is 2.88 bits per heavy atom. The average Bonchev–Trinajstić information content (AvgIpc) is 3.18. The highest BCUT2D eigenvalue weighted by atomic mass is 19.1. The molecule has 2 aromatic rings. The summed E-state index contributed by atoms with van der Waals surface area (Å²) in [5.41, 5.74) is 6.62. The molecular weight excluding hydrogens is 301 g/mol. The van der Waals surface area contributed by atoms with Gasteiger partial charge in [-0.2, -0.15) is 10.2 Å². The second-order valence-corrected chi connectivity index (χ2v) is 6.74. The van der Waals surface area contributed by atoms with E-state index in [0.717, 1.165) is 38.0 Å². The third kappa shape index (κ3) is 3.24. The SMILES string of the molecule is FC1CCN(CCC2=C(Cc3cccnn3)c3ccccc3C2)C1. The number of hydrogen-bond donors (Lipinski definition) is 0. The minimum absolute atomic E-state index is 0.597. The summed E-state index contributed by atoms with van der Waals surface area (Å²) in [6.07, 6.45) is 4.61. The van der Waals surface area contributed by atoms with Crippen LogP contribution in [0.25, 0.3) is 5.57 Å². The Morgan fingerprint density at radius 1 is 1.17 bits per heavy atom. The van der Waals surface area contributed by atoms with Crippen molar-refractivity contribution in [3.63, 3.8) is 0 Å². The van der Waals surface area contributed by atoms with Gasteiger partial charge in [0.15, 0.2) is 0 Å². The molecule has 1 aromatic heterocycles. The molecule has 0 spiro atoms. The fourth-order valence-corrected chi connectivity index (χ4v) is 3.85. The van der Waals surface area contributed by atoms with Crippen LogP contribution < -0.4 is 0 Å². The normalized spacial score (nSPS) is 20.6. The van der Waals surface area contributed by atoms with Crippen molar-refractivity contribution in [2.75, 3.05) is 19.6 Å². The summed E-state index contributed by atoms with van der Waals surface area (Å²) in [5, 5.41) is 8.26. The molecule has 1 aliphatic heterocycles. The summed E-state index contributed by atoms with van der Waals surface area (Å²) in [7, 11) is 0. The number of benzene rings is 1. The fourth-order valence-electron chi connectivity index (χ4n) is 3.85.